The number of benzene rings is 1. The van der Waals surface area contributed by atoms with Crippen LogP contribution in [-0.4, -0.2) is 25.3 Å². The minimum atomic E-state index is 0.676. The summed E-state index contributed by atoms with van der Waals surface area (Å²) in [7, 11) is 0. The quantitative estimate of drug-likeness (QED) is 0.905. The van der Waals surface area contributed by atoms with Gasteiger partial charge >= 0.3 is 0 Å². The highest BCUT2D eigenvalue weighted by Gasteiger charge is 2.31. The van der Waals surface area contributed by atoms with Gasteiger partial charge < -0.3 is 10.1 Å². The van der Waals surface area contributed by atoms with Crippen molar-refractivity contribution in [1.82, 2.24) is 5.32 Å². The van der Waals surface area contributed by atoms with Crippen molar-refractivity contribution in [2.24, 2.45) is 0 Å². The zero-order valence-corrected chi connectivity index (χ0v) is 11.3. The summed E-state index contributed by atoms with van der Waals surface area (Å²) >= 11 is 5.91. The SMILES string of the molecule is Clc1ccc(C2CC(NC3CCOCC3)C2)cc1. The standard InChI is InChI=1S/C15H20ClNO/c16-13-3-1-11(2-4-13)12-9-15(10-12)17-14-5-7-18-8-6-14/h1-4,12,14-15,17H,5-10H2. The molecule has 0 atom stereocenters. The largest absolute Gasteiger partial charge is 0.381 e. The van der Waals surface area contributed by atoms with E-state index in [2.05, 4.69) is 17.4 Å². The van der Waals surface area contributed by atoms with E-state index in [1.54, 1.807) is 0 Å². The fourth-order valence-corrected chi connectivity index (χ4v) is 3.08. The Morgan fingerprint density at radius 1 is 1.00 bits per heavy atom. The number of hydrogen-bond donors (Lipinski definition) is 1. The van der Waals surface area contributed by atoms with Crippen molar-refractivity contribution < 1.29 is 4.74 Å². The molecule has 98 valence electrons. The van der Waals surface area contributed by atoms with Crippen LogP contribution in [0.25, 0.3) is 0 Å². The summed E-state index contributed by atoms with van der Waals surface area (Å²) in [6, 6.07) is 9.70. The lowest BCUT2D eigenvalue weighted by Gasteiger charge is -2.39. The van der Waals surface area contributed by atoms with Crippen LogP contribution < -0.4 is 5.32 Å². The highest BCUT2D eigenvalue weighted by Crippen LogP contribution is 2.37. The fourth-order valence-electron chi connectivity index (χ4n) is 2.96. The van der Waals surface area contributed by atoms with Crippen molar-refractivity contribution in [2.45, 2.75) is 43.7 Å². The van der Waals surface area contributed by atoms with Gasteiger partial charge in [0, 0.05) is 30.3 Å². The normalized spacial score (nSPS) is 28.9. The second-order valence-electron chi connectivity index (χ2n) is 5.47. The van der Waals surface area contributed by atoms with Crippen LogP contribution in [0.4, 0.5) is 0 Å². The van der Waals surface area contributed by atoms with Gasteiger partial charge in [0.15, 0.2) is 0 Å². The lowest BCUT2D eigenvalue weighted by Crippen LogP contribution is -2.47. The van der Waals surface area contributed by atoms with E-state index in [4.69, 9.17) is 16.3 Å². The van der Waals surface area contributed by atoms with Gasteiger partial charge in [-0.1, -0.05) is 23.7 Å². The number of ether oxygens (including phenoxy) is 1. The van der Waals surface area contributed by atoms with Gasteiger partial charge in [0.05, 0.1) is 0 Å². The Morgan fingerprint density at radius 2 is 1.67 bits per heavy atom. The summed E-state index contributed by atoms with van der Waals surface area (Å²) in [6.07, 6.45) is 4.86. The molecule has 3 rings (SSSR count). The summed E-state index contributed by atoms with van der Waals surface area (Å²) in [4.78, 5) is 0. The van der Waals surface area contributed by atoms with Crippen molar-refractivity contribution in [2.75, 3.05) is 13.2 Å². The Bertz CT molecular complexity index is 380. The van der Waals surface area contributed by atoms with Crippen LogP contribution in [0.5, 0.6) is 0 Å². The number of hydrogen-bond acceptors (Lipinski definition) is 2. The van der Waals surface area contributed by atoms with Crippen LogP contribution in [0.15, 0.2) is 24.3 Å². The zero-order chi connectivity index (χ0) is 12.4. The Hall–Kier alpha value is -0.570. The summed E-state index contributed by atoms with van der Waals surface area (Å²) in [5.74, 6) is 0.722. The molecule has 1 heterocycles. The van der Waals surface area contributed by atoms with Crippen molar-refractivity contribution in [3.05, 3.63) is 34.9 Å². The summed E-state index contributed by atoms with van der Waals surface area (Å²) in [5.41, 5.74) is 1.43. The molecule has 2 aliphatic rings. The first-order valence-electron chi connectivity index (χ1n) is 6.90. The Morgan fingerprint density at radius 3 is 2.33 bits per heavy atom. The molecule has 2 nitrogen and oxygen atoms in total. The fraction of sp³-hybridized carbons (Fsp3) is 0.600. The average molecular weight is 266 g/mol. The predicted molar refractivity (Wildman–Crippen MR) is 74.2 cm³/mol. The summed E-state index contributed by atoms with van der Waals surface area (Å²) in [5, 5.41) is 4.59. The number of halogens is 1. The van der Waals surface area contributed by atoms with E-state index in [9.17, 15) is 0 Å². The van der Waals surface area contributed by atoms with E-state index in [-0.39, 0.29) is 0 Å². The lowest BCUT2D eigenvalue weighted by molar-refractivity contribution is 0.0698. The maximum atomic E-state index is 5.91. The molecule has 1 saturated heterocycles. The molecule has 0 amide bonds. The van der Waals surface area contributed by atoms with E-state index < -0.39 is 0 Å². The smallest absolute Gasteiger partial charge is 0.0480 e. The molecule has 18 heavy (non-hydrogen) atoms. The maximum absolute atomic E-state index is 5.91. The van der Waals surface area contributed by atoms with Crippen LogP contribution in [0, 0.1) is 0 Å². The molecule has 1 aliphatic carbocycles. The third kappa shape index (κ3) is 2.87. The van der Waals surface area contributed by atoms with Gasteiger partial charge in [-0.15, -0.1) is 0 Å². The molecule has 3 heteroatoms. The topological polar surface area (TPSA) is 21.3 Å². The third-order valence-electron chi connectivity index (χ3n) is 4.17. The predicted octanol–water partition coefficient (Wildman–Crippen LogP) is 3.35. The van der Waals surface area contributed by atoms with Crippen molar-refractivity contribution in [3.8, 4) is 0 Å². The van der Waals surface area contributed by atoms with Gasteiger partial charge in [0.1, 0.15) is 0 Å². The average Bonchev–Trinajstić information content (AvgIpc) is 2.36. The molecule has 1 aromatic rings. The van der Waals surface area contributed by atoms with E-state index in [1.165, 1.54) is 31.2 Å². The molecule has 1 saturated carbocycles. The molecule has 0 aromatic heterocycles. The lowest BCUT2D eigenvalue weighted by atomic mass is 9.75. The first-order valence-corrected chi connectivity index (χ1v) is 7.28. The third-order valence-corrected chi connectivity index (χ3v) is 4.42. The highest BCUT2D eigenvalue weighted by atomic mass is 35.5. The van der Waals surface area contributed by atoms with Crippen LogP contribution in [0.3, 0.4) is 0 Å². The Labute approximate surface area is 114 Å². The monoisotopic (exact) mass is 265 g/mol. The molecule has 0 radical (unpaired) electrons. The second kappa shape index (κ2) is 5.60. The number of nitrogens with one attached hydrogen (secondary N) is 1. The van der Waals surface area contributed by atoms with Gasteiger partial charge in [-0.25, -0.2) is 0 Å². The molecule has 0 unspecified atom stereocenters. The minimum Gasteiger partial charge on any atom is -0.381 e. The first-order chi connectivity index (χ1) is 8.81. The van der Waals surface area contributed by atoms with Gasteiger partial charge in [0.25, 0.3) is 0 Å². The van der Waals surface area contributed by atoms with Gasteiger partial charge in [-0.05, 0) is 49.3 Å². The molecule has 1 aliphatic heterocycles. The van der Waals surface area contributed by atoms with E-state index in [0.717, 1.165) is 24.2 Å². The molecule has 1 N–H and O–H groups in total. The van der Waals surface area contributed by atoms with Crippen LogP contribution in [-0.2, 0) is 4.74 Å². The number of rotatable bonds is 3. The van der Waals surface area contributed by atoms with Gasteiger partial charge in [0.2, 0.25) is 0 Å². The Kier molecular flexibility index (Phi) is 3.88. The van der Waals surface area contributed by atoms with E-state index in [0.29, 0.717) is 12.1 Å². The Balaban J connectivity index is 1.46. The molecular weight excluding hydrogens is 246 g/mol. The van der Waals surface area contributed by atoms with E-state index in [1.807, 2.05) is 12.1 Å². The maximum Gasteiger partial charge on any atom is 0.0480 e. The highest BCUT2D eigenvalue weighted by molar-refractivity contribution is 6.30. The van der Waals surface area contributed by atoms with Gasteiger partial charge in [-0.3, -0.25) is 0 Å². The van der Waals surface area contributed by atoms with Crippen molar-refractivity contribution in [1.29, 1.82) is 0 Å². The van der Waals surface area contributed by atoms with Gasteiger partial charge in [-0.2, -0.15) is 0 Å². The molecule has 0 bridgehead atoms. The van der Waals surface area contributed by atoms with Crippen LogP contribution in [0.2, 0.25) is 5.02 Å². The molecular formula is C15H20ClNO. The van der Waals surface area contributed by atoms with Crippen LogP contribution in [0.1, 0.15) is 37.2 Å². The zero-order valence-electron chi connectivity index (χ0n) is 10.6. The van der Waals surface area contributed by atoms with E-state index >= 15 is 0 Å². The first kappa shape index (κ1) is 12.5. The molecule has 2 fully saturated rings. The molecule has 0 spiro atoms. The second-order valence-corrected chi connectivity index (χ2v) is 5.91. The van der Waals surface area contributed by atoms with Crippen LogP contribution >= 0.6 is 11.6 Å². The molecule has 1 aromatic carbocycles. The minimum absolute atomic E-state index is 0.676. The van der Waals surface area contributed by atoms with Crippen molar-refractivity contribution >= 4 is 11.6 Å². The summed E-state index contributed by atoms with van der Waals surface area (Å²) < 4.78 is 5.38. The summed E-state index contributed by atoms with van der Waals surface area (Å²) in [6.45, 7) is 1.84. The van der Waals surface area contributed by atoms with Crippen molar-refractivity contribution in [3.63, 3.8) is 0 Å².